The van der Waals surface area contributed by atoms with Crippen LogP contribution in [-0.4, -0.2) is 26.9 Å². The second-order valence-corrected chi connectivity index (χ2v) is 5.50. The lowest BCUT2D eigenvalue weighted by Gasteiger charge is -2.05. The first-order valence-electron chi connectivity index (χ1n) is 5.78. The van der Waals surface area contributed by atoms with Crippen LogP contribution in [0, 0.1) is 13.8 Å². The lowest BCUT2D eigenvalue weighted by atomic mass is 10.1. The second kappa shape index (κ2) is 5.33. The average molecular weight is 294 g/mol. The Bertz CT molecular complexity index is 674. The van der Waals surface area contributed by atoms with E-state index in [0.29, 0.717) is 16.3 Å². The molecule has 0 unspecified atom stereocenters. The van der Waals surface area contributed by atoms with E-state index in [1.54, 1.807) is 24.9 Å². The van der Waals surface area contributed by atoms with Gasteiger partial charge in [-0.1, -0.05) is 0 Å². The molecule has 2 rings (SSSR count). The summed E-state index contributed by atoms with van der Waals surface area (Å²) in [6.07, 6.45) is 3.14. The number of thiophene rings is 1. The van der Waals surface area contributed by atoms with Crippen LogP contribution in [0.4, 0.5) is 15.5 Å². The van der Waals surface area contributed by atoms with Crippen LogP contribution in [0.2, 0.25) is 0 Å². The van der Waals surface area contributed by atoms with Crippen molar-refractivity contribution < 1.29 is 14.7 Å². The zero-order chi connectivity index (χ0) is 14.9. The van der Waals surface area contributed by atoms with Crippen molar-refractivity contribution in [3.8, 4) is 0 Å². The van der Waals surface area contributed by atoms with Gasteiger partial charge in [-0.25, -0.2) is 9.59 Å². The zero-order valence-electron chi connectivity index (χ0n) is 11.2. The molecular formula is C12H14N4O3S. The minimum absolute atomic E-state index is 0.133. The third-order valence-electron chi connectivity index (χ3n) is 2.79. The summed E-state index contributed by atoms with van der Waals surface area (Å²) in [7, 11) is 1.73. The number of carboxylic acid groups (broad SMARTS) is 1. The van der Waals surface area contributed by atoms with Crippen LogP contribution in [0.1, 0.15) is 20.8 Å². The van der Waals surface area contributed by atoms with Gasteiger partial charge in [0.1, 0.15) is 5.00 Å². The van der Waals surface area contributed by atoms with E-state index in [1.165, 1.54) is 17.5 Å². The van der Waals surface area contributed by atoms with Crippen molar-refractivity contribution in [2.45, 2.75) is 13.8 Å². The molecule has 0 saturated carbocycles. The summed E-state index contributed by atoms with van der Waals surface area (Å²) >= 11 is 1.24. The van der Waals surface area contributed by atoms with Gasteiger partial charge in [0.05, 0.1) is 17.4 Å². The molecule has 0 aliphatic carbocycles. The fourth-order valence-electron chi connectivity index (χ4n) is 1.72. The van der Waals surface area contributed by atoms with E-state index in [4.69, 9.17) is 0 Å². The van der Waals surface area contributed by atoms with Gasteiger partial charge in [-0.2, -0.15) is 5.10 Å². The summed E-state index contributed by atoms with van der Waals surface area (Å²) in [4.78, 5) is 23.9. The third-order valence-corrected chi connectivity index (χ3v) is 3.91. The minimum atomic E-state index is -1.05. The molecule has 20 heavy (non-hydrogen) atoms. The fraction of sp³-hybridized carbons (Fsp3) is 0.250. The molecule has 0 aliphatic rings. The molecule has 0 radical (unpaired) electrons. The minimum Gasteiger partial charge on any atom is -0.478 e. The lowest BCUT2D eigenvalue weighted by molar-refractivity contribution is 0.0697. The maximum absolute atomic E-state index is 11.8. The molecule has 0 fully saturated rings. The topological polar surface area (TPSA) is 96.3 Å². The molecular weight excluding hydrogens is 280 g/mol. The number of aromatic carboxylic acids is 1. The molecule has 0 aromatic carbocycles. The van der Waals surface area contributed by atoms with Crippen molar-refractivity contribution in [3.63, 3.8) is 0 Å². The van der Waals surface area contributed by atoms with E-state index in [9.17, 15) is 14.7 Å². The van der Waals surface area contributed by atoms with Crippen LogP contribution in [0.25, 0.3) is 0 Å². The number of carboxylic acids is 1. The molecule has 2 heterocycles. The van der Waals surface area contributed by atoms with Crippen molar-refractivity contribution >= 4 is 34.0 Å². The average Bonchev–Trinajstić information content (AvgIpc) is 2.84. The molecule has 2 aromatic rings. The maximum atomic E-state index is 11.8. The number of anilines is 2. The van der Waals surface area contributed by atoms with Gasteiger partial charge in [0.25, 0.3) is 0 Å². The van der Waals surface area contributed by atoms with Crippen LogP contribution in [0.15, 0.2) is 12.4 Å². The van der Waals surface area contributed by atoms with E-state index in [1.807, 2.05) is 6.92 Å². The van der Waals surface area contributed by atoms with Gasteiger partial charge in [0.15, 0.2) is 0 Å². The van der Waals surface area contributed by atoms with Crippen molar-refractivity contribution in [3.05, 3.63) is 28.4 Å². The molecule has 0 aliphatic heterocycles. The number of nitrogens with zero attached hydrogens (tertiary/aromatic N) is 2. The molecule has 8 heteroatoms. The fourth-order valence-corrected chi connectivity index (χ4v) is 2.77. The largest absolute Gasteiger partial charge is 0.478 e. The Morgan fingerprint density at radius 3 is 2.60 bits per heavy atom. The van der Waals surface area contributed by atoms with Crippen LogP contribution in [-0.2, 0) is 7.05 Å². The predicted octanol–water partition coefficient (Wildman–Crippen LogP) is 2.44. The summed E-state index contributed by atoms with van der Waals surface area (Å²) in [5.74, 6) is -1.05. The number of aryl methyl sites for hydroxylation is 2. The van der Waals surface area contributed by atoms with Gasteiger partial charge in [-0.15, -0.1) is 11.3 Å². The maximum Gasteiger partial charge on any atom is 0.338 e. The van der Waals surface area contributed by atoms with Crippen molar-refractivity contribution in [2.24, 2.45) is 7.05 Å². The van der Waals surface area contributed by atoms with E-state index in [2.05, 4.69) is 15.7 Å². The Hall–Kier alpha value is -2.35. The summed E-state index contributed by atoms with van der Waals surface area (Å²) in [5.41, 5.74) is 1.33. The number of aromatic nitrogens is 2. The zero-order valence-corrected chi connectivity index (χ0v) is 12.0. The number of nitrogens with one attached hydrogen (secondary N) is 2. The molecule has 3 N–H and O–H groups in total. The van der Waals surface area contributed by atoms with Gasteiger partial charge < -0.3 is 10.4 Å². The van der Waals surface area contributed by atoms with Gasteiger partial charge >= 0.3 is 12.0 Å². The normalized spacial score (nSPS) is 10.3. The van der Waals surface area contributed by atoms with Gasteiger partial charge in [0.2, 0.25) is 0 Å². The molecule has 0 spiro atoms. The number of carbonyl (C=O) groups is 2. The first kappa shape index (κ1) is 14.1. The molecule has 7 nitrogen and oxygen atoms in total. The molecule has 0 saturated heterocycles. The summed E-state index contributed by atoms with van der Waals surface area (Å²) in [6, 6.07) is -0.498. The number of carbonyl (C=O) groups excluding carboxylic acids is 1. The number of rotatable bonds is 3. The molecule has 0 atom stereocenters. The summed E-state index contributed by atoms with van der Waals surface area (Å²) < 4.78 is 1.55. The Labute approximate surface area is 119 Å². The highest BCUT2D eigenvalue weighted by Crippen LogP contribution is 2.32. The Kier molecular flexibility index (Phi) is 3.75. The summed E-state index contributed by atoms with van der Waals surface area (Å²) in [6.45, 7) is 3.54. The van der Waals surface area contributed by atoms with Crippen molar-refractivity contribution in [1.82, 2.24) is 9.78 Å². The first-order chi connectivity index (χ1) is 9.38. The number of hydrogen-bond acceptors (Lipinski definition) is 4. The van der Waals surface area contributed by atoms with Crippen molar-refractivity contribution in [1.29, 1.82) is 0 Å². The predicted molar refractivity (Wildman–Crippen MR) is 76.6 cm³/mol. The van der Waals surface area contributed by atoms with E-state index in [-0.39, 0.29) is 5.56 Å². The number of hydrogen-bond donors (Lipinski definition) is 3. The van der Waals surface area contributed by atoms with E-state index < -0.39 is 12.0 Å². The molecule has 2 aromatic heterocycles. The highest BCUT2D eigenvalue weighted by atomic mass is 32.1. The SMILES string of the molecule is Cc1sc(NC(=O)Nc2cnn(C)c2)c(C(=O)O)c1C. The second-order valence-electron chi connectivity index (χ2n) is 4.27. The molecule has 106 valence electrons. The van der Waals surface area contributed by atoms with Gasteiger partial charge in [0, 0.05) is 18.1 Å². The smallest absolute Gasteiger partial charge is 0.338 e. The quantitative estimate of drug-likeness (QED) is 0.810. The van der Waals surface area contributed by atoms with Gasteiger partial charge in [-0.05, 0) is 19.4 Å². The lowest BCUT2D eigenvalue weighted by Crippen LogP contribution is -2.19. The monoisotopic (exact) mass is 294 g/mol. The summed E-state index contributed by atoms with van der Waals surface area (Å²) in [5, 5.41) is 18.6. The van der Waals surface area contributed by atoms with Crippen LogP contribution >= 0.6 is 11.3 Å². The van der Waals surface area contributed by atoms with Crippen molar-refractivity contribution in [2.75, 3.05) is 10.6 Å². The first-order valence-corrected chi connectivity index (χ1v) is 6.60. The van der Waals surface area contributed by atoms with Gasteiger partial charge in [-0.3, -0.25) is 10.00 Å². The number of amides is 2. The Morgan fingerprint density at radius 2 is 2.05 bits per heavy atom. The third kappa shape index (κ3) is 2.80. The van der Waals surface area contributed by atoms with Crippen LogP contribution in [0.3, 0.4) is 0 Å². The highest BCUT2D eigenvalue weighted by molar-refractivity contribution is 7.16. The van der Waals surface area contributed by atoms with Crippen LogP contribution in [0.5, 0.6) is 0 Å². The Morgan fingerprint density at radius 1 is 1.35 bits per heavy atom. The van der Waals surface area contributed by atoms with Crippen LogP contribution < -0.4 is 10.6 Å². The standard InChI is InChI=1S/C12H14N4O3S/c1-6-7(2)20-10(9(6)11(17)18)15-12(19)14-8-4-13-16(3)5-8/h4-5H,1-3H3,(H,17,18)(H2,14,15,19). The highest BCUT2D eigenvalue weighted by Gasteiger charge is 2.20. The van der Waals surface area contributed by atoms with E-state index >= 15 is 0 Å². The molecule has 0 bridgehead atoms. The molecule has 2 amide bonds. The van der Waals surface area contributed by atoms with E-state index in [0.717, 1.165) is 4.88 Å². The number of urea groups is 1. The Balaban J connectivity index is 2.16.